The molecule has 4 aromatic carbocycles. The molecule has 0 saturated heterocycles. The second-order valence-corrected chi connectivity index (χ2v) is 8.54. The molecule has 0 fully saturated rings. The SMILES string of the molecule is C1=N/C=c2\cccc\c2=C/[N-]Cc2ccccc2C=NCc2ccccc2C=NCc2ccccc21. The van der Waals surface area contributed by atoms with E-state index >= 15 is 0 Å². The third kappa shape index (κ3) is 5.91. The second kappa shape index (κ2) is 11.7. The molecule has 0 radical (unpaired) electrons. The van der Waals surface area contributed by atoms with Crippen molar-refractivity contribution in [2.75, 3.05) is 0 Å². The fourth-order valence-electron chi connectivity index (χ4n) is 4.08. The van der Waals surface area contributed by atoms with Crippen molar-refractivity contribution in [1.29, 1.82) is 0 Å². The second-order valence-electron chi connectivity index (χ2n) is 8.54. The standard InChI is InChI=1S/C32H27N4/c1-2-10-26-18-34-20-28-12-5-6-14-30(28)22-36-24-32-16-8-7-15-31(32)23-35-21-29-13-4-3-11-27(29)19-33-17-25(26)9-1/h1-19,22-23H,20-21,24H2/q-1/b25-17+,26-18+,33-19?,35-23?,36-22?. The Bertz CT molecular complexity index is 1550. The largest absolute Gasteiger partial charge is 0.686 e. The van der Waals surface area contributed by atoms with E-state index in [-0.39, 0.29) is 0 Å². The summed E-state index contributed by atoms with van der Waals surface area (Å²) in [6.07, 6.45) is 9.60. The van der Waals surface area contributed by atoms with Gasteiger partial charge in [-0.25, -0.2) is 0 Å². The summed E-state index contributed by atoms with van der Waals surface area (Å²) in [5.41, 5.74) is 6.62. The van der Waals surface area contributed by atoms with Gasteiger partial charge in [0, 0.05) is 24.8 Å². The van der Waals surface area contributed by atoms with E-state index < -0.39 is 0 Å². The quantitative estimate of drug-likeness (QED) is 0.332. The summed E-state index contributed by atoms with van der Waals surface area (Å²) in [5, 5.41) is 6.79. The lowest BCUT2D eigenvalue weighted by atomic mass is 10.1. The average molecular weight is 468 g/mol. The minimum Gasteiger partial charge on any atom is -0.686 e. The number of hydrogen-bond donors (Lipinski definition) is 0. The van der Waals surface area contributed by atoms with Crippen LogP contribution in [0, 0.1) is 0 Å². The van der Waals surface area contributed by atoms with Crippen LogP contribution in [0.1, 0.15) is 33.4 Å². The molecule has 4 aromatic rings. The molecule has 1 aliphatic heterocycles. The first-order valence-corrected chi connectivity index (χ1v) is 12.1. The van der Waals surface area contributed by atoms with Gasteiger partial charge in [-0.15, -0.1) is 6.54 Å². The van der Waals surface area contributed by atoms with Gasteiger partial charge < -0.3 is 5.32 Å². The molecule has 36 heavy (non-hydrogen) atoms. The van der Waals surface area contributed by atoms with Crippen molar-refractivity contribution in [2.24, 2.45) is 15.0 Å². The topological polar surface area (TPSA) is 51.2 Å². The third-order valence-electron chi connectivity index (χ3n) is 6.06. The molecule has 4 heteroatoms. The first kappa shape index (κ1) is 23.2. The lowest BCUT2D eigenvalue weighted by Gasteiger charge is -2.17. The van der Waals surface area contributed by atoms with E-state index in [4.69, 9.17) is 15.3 Å². The Labute approximate surface area is 211 Å². The molecular formula is C32H27N4-. The smallest absolute Gasteiger partial charge is 0.0646 e. The maximum atomic E-state index is 4.76. The zero-order valence-electron chi connectivity index (χ0n) is 20.0. The van der Waals surface area contributed by atoms with Gasteiger partial charge in [-0.05, 0) is 38.3 Å². The van der Waals surface area contributed by atoms with E-state index in [0.717, 1.165) is 43.8 Å². The van der Waals surface area contributed by atoms with Crippen LogP contribution in [0.25, 0.3) is 17.7 Å². The van der Waals surface area contributed by atoms with Crippen molar-refractivity contribution < 1.29 is 0 Å². The summed E-state index contributed by atoms with van der Waals surface area (Å²) in [6, 6.07) is 32.9. The van der Waals surface area contributed by atoms with Crippen LogP contribution in [0.3, 0.4) is 0 Å². The Morgan fingerprint density at radius 3 is 1.67 bits per heavy atom. The van der Waals surface area contributed by atoms with Crippen molar-refractivity contribution in [3.8, 4) is 0 Å². The van der Waals surface area contributed by atoms with Gasteiger partial charge in [0.1, 0.15) is 0 Å². The van der Waals surface area contributed by atoms with E-state index in [9.17, 15) is 0 Å². The van der Waals surface area contributed by atoms with Crippen LogP contribution in [-0.4, -0.2) is 18.6 Å². The van der Waals surface area contributed by atoms with Crippen molar-refractivity contribution >= 4 is 31.0 Å². The predicted octanol–water partition coefficient (Wildman–Crippen LogP) is 5.41. The van der Waals surface area contributed by atoms with Gasteiger partial charge in [0.05, 0.1) is 13.1 Å². The Morgan fingerprint density at radius 2 is 1.00 bits per heavy atom. The molecule has 0 aliphatic carbocycles. The molecule has 4 nitrogen and oxygen atoms in total. The van der Waals surface area contributed by atoms with Crippen LogP contribution >= 0.6 is 0 Å². The summed E-state index contributed by atoms with van der Waals surface area (Å²) in [4.78, 5) is 14.1. The van der Waals surface area contributed by atoms with Crippen molar-refractivity contribution in [3.63, 3.8) is 0 Å². The number of fused-ring (bicyclic) bond motifs is 4. The number of aliphatic imine (C=N–C) groups is 3. The maximum Gasteiger partial charge on any atom is 0.0646 e. The van der Waals surface area contributed by atoms with Gasteiger partial charge in [-0.3, -0.25) is 15.0 Å². The Balaban J connectivity index is 1.55. The Morgan fingerprint density at radius 1 is 0.500 bits per heavy atom. The normalized spacial score (nSPS) is 15.4. The Hall–Kier alpha value is -4.57. The summed E-state index contributed by atoms with van der Waals surface area (Å²) < 4.78 is 0. The van der Waals surface area contributed by atoms with Crippen LogP contribution in [0.5, 0.6) is 0 Å². The third-order valence-corrected chi connectivity index (χ3v) is 6.06. The van der Waals surface area contributed by atoms with Crippen LogP contribution in [0.4, 0.5) is 0 Å². The van der Waals surface area contributed by atoms with Crippen molar-refractivity contribution in [2.45, 2.75) is 19.6 Å². The monoisotopic (exact) mass is 467 g/mol. The van der Waals surface area contributed by atoms with E-state index in [1.807, 2.05) is 79.6 Å². The minimum absolute atomic E-state index is 0.580. The van der Waals surface area contributed by atoms with E-state index in [0.29, 0.717) is 19.6 Å². The van der Waals surface area contributed by atoms with E-state index in [1.165, 1.54) is 0 Å². The molecule has 0 amide bonds. The zero-order chi connectivity index (χ0) is 24.4. The van der Waals surface area contributed by atoms with E-state index in [1.54, 1.807) is 0 Å². The summed E-state index contributed by atoms with van der Waals surface area (Å²) in [5.74, 6) is 0. The summed E-state index contributed by atoms with van der Waals surface area (Å²) >= 11 is 0. The first-order chi connectivity index (χ1) is 17.9. The van der Waals surface area contributed by atoms with Gasteiger partial charge in [0.25, 0.3) is 0 Å². The zero-order valence-corrected chi connectivity index (χ0v) is 20.0. The molecule has 0 spiro atoms. The molecule has 1 heterocycles. The highest BCUT2D eigenvalue weighted by atomic mass is 14.8. The molecule has 1 aliphatic rings. The molecule has 0 aromatic heterocycles. The molecule has 5 rings (SSSR count). The molecule has 176 valence electrons. The molecule has 0 N–H and O–H groups in total. The lowest BCUT2D eigenvalue weighted by molar-refractivity contribution is 1.06. The highest BCUT2D eigenvalue weighted by molar-refractivity contribution is 5.85. The van der Waals surface area contributed by atoms with Gasteiger partial charge in [0.2, 0.25) is 0 Å². The highest BCUT2D eigenvalue weighted by Gasteiger charge is 2.01. The fourth-order valence-corrected chi connectivity index (χ4v) is 4.08. The minimum atomic E-state index is 0.580. The van der Waals surface area contributed by atoms with E-state index in [2.05, 4.69) is 53.5 Å². The van der Waals surface area contributed by atoms with Gasteiger partial charge >= 0.3 is 0 Å². The number of benzene rings is 4. The molecule has 0 saturated carbocycles. The number of rotatable bonds is 0. The Kier molecular flexibility index (Phi) is 7.55. The molecular weight excluding hydrogens is 440 g/mol. The van der Waals surface area contributed by atoms with Crippen molar-refractivity contribution in [3.05, 3.63) is 146 Å². The van der Waals surface area contributed by atoms with Crippen LogP contribution in [-0.2, 0) is 19.6 Å². The fraction of sp³-hybridized carbons (Fsp3) is 0.0938. The summed E-state index contributed by atoms with van der Waals surface area (Å²) in [6.45, 7) is 1.75. The molecule has 0 bridgehead atoms. The maximum absolute atomic E-state index is 4.76. The predicted molar refractivity (Wildman–Crippen MR) is 151 cm³/mol. The van der Waals surface area contributed by atoms with Gasteiger partial charge in [-0.2, -0.15) is 6.20 Å². The number of hydrogen-bond acceptors (Lipinski definition) is 3. The summed E-state index contributed by atoms with van der Waals surface area (Å²) in [7, 11) is 0. The van der Waals surface area contributed by atoms with Crippen LogP contribution in [0.15, 0.2) is 112 Å². The lowest BCUT2D eigenvalue weighted by Crippen LogP contribution is -2.23. The van der Waals surface area contributed by atoms with Crippen LogP contribution < -0.4 is 10.4 Å². The molecule has 0 atom stereocenters. The van der Waals surface area contributed by atoms with Gasteiger partial charge in [-0.1, -0.05) is 103 Å². The first-order valence-electron chi connectivity index (χ1n) is 12.1. The van der Waals surface area contributed by atoms with Gasteiger partial charge in [0.15, 0.2) is 0 Å². The molecule has 0 unspecified atom stereocenters. The number of nitrogens with zero attached hydrogens (tertiary/aromatic N) is 4. The average Bonchev–Trinajstić information content (AvgIpc) is 2.91. The highest BCUT2D eigenvalue weighted by Crippen LogP contribution is 2.13. The van der Waals surface area contributed by atoms with Crippen molar-refractivity contribution in [1.82, 2.24) is 0 Å². The van der Waals surface area contributed by atoms with Crippen LogP contribution in [0.2, 0.25) is 0 Å².